The fraction of sp³-hybridized carbons (Fsp3) is 0.125. The lowest BCUT2D eigenvalue weighted by Crippen LogP contribution is -1.94. The van der Waals surface area contributed by atoms with Crippen LogP contribution in [0.2, 0.25) is 5.02 Å². The standard InChI is InChI=1S/C8H6ClNOS/c9-7-2-1-3-8(6-7)12(11)5-4-10/h1-3,6H,5H2. The van der Waals surface area contributed by atoms with Crippen molar-refractivity contribution in [2.24, 2.45) is 0 Å². The third-order valence-electron chi connectivity index (χ3n) is 1.25. The van der Waals surface area contributed by atoms with Crippen molar-refractivity contribution < 1.29 is 4.21 Å². The molecule has 0 aliphatic carbocycles. The minimum absolute atomic E-state index is 0.0142. The van der Waals surface area contributed by atoms with E-state index in [4.69, 9.17) is 16.9 Å². The van der Waals surface area contributed by atoms with Gasteiger partial charge < -0.3 is 0 Å². The second kappa shape index (κ2) is 4.24. The number of halogens is 1. The molecule has 12 heavy (non-hydrogen) atoms. The number of benzene rings is 1. The van der Waals surface area contributed by atoms with Crippen molar-refractivity contribution in [1.82, 2.24) is 0 Å². The molecule has 2 nitrogen and oxygen atoms in total. The molecule has 1 aromatic carbocycles. The molecule has 0 aromatic heterocycles. The summed E-state index contributed by atoms with van der Waals surface area (Å²) in [6.45, 7) is 0. The summed E-state index contributed by atoms with van der Waals surface area (Å²) in [4.78, 5) is 0.601. The van der Waals surface area contributed by atoms with E-state index in [0.29, 0.717) is 9.92 Å². The van der Waals surface area contributed by atoms with Crippen LogP contribution in [-0.4, -0.2) is 9.96 Å². The van der Waals surface area contributed by atoms with Crippen molar-refractivity contribution >= 4 is 22.4 Å². The van der Waals surface area contributed by atoms with Crippen LogP contribution in [0.5, 0.6) is 0 Å². The molecule has 0 amide bonds. The van der Waals surface area contributed by atoms with Crippen molar-refractivity contribution in [3.05, 3.63) is 29.3 Å². The summed E-state index contributed by atoms with van der Waals surface area (Å²) < 4.78 is 11.2. The van der Waals surface area contributed by atoms with Crippen LogP contribution in [0.3, 0.4) is 0 Å². The van der Waals surface area contributed by atoms with Gasteiger partial charge in [-0.1, -0.05) is 17.7 Å². The van der Waals surface area contributed by atoms with E-state index < -0.39 is 10.8 Å². The van der Waals surface area contributed by atoms with Gasteiger partial charge in [0.1, 0.15) is 5.75 Å². The summed E-state index contributed by atoms with van der Waals surface area (Å²) in [7, 11) is -1.24. The number of hydrogen-bond acceptors (Lipinski definition) is 2. The summed E-state index contributed by atoms with van der Waals surface area (Å²) in [5, 5.41) is 8.83. The van der Waals surface area contributed by atoms with Gasteiger partial charge in [-0.25, -0.2) is 0 Å². The van der Waals surface area contributed by atoms with Crippen molar-refractivity contribution in [3.63, 3.8) is 0 Å². The summed E-state index contributed by atoms with van der Waals surface area (Å²) >= 11 is 5.67. The maximum Gasteiger partial charge on any atom is 0.115 e. The van der Waals surface area contributed by atoms with E-state index in [-0.39, 0.29) is 5.75 Å². The molecule has 0 saturated carbocycles. The largest absolute Gasteiger partial charge is 0.253 e. The zero-order chi connectivity index (χ0) is 8.97. The first-order valence-corrected chi connectivity index (χ1v) is 4.94. The number of nitrogens with zero attached hydrogens (tertiary/aromatic N) is 1. The fourth-order valence-electron chi connectivity index (χ4n) is 0.751. The Morgan fingerprint density at radius 2 is 2.33 bits per heavy atom. The van der Waals surface area contributed by atoms with Gasteiger partial charge in [0, 0.05) is 9.92 Å². The molecule has 62 valence electrons. The highest BCUT2D eigenvalue weighted by Crippen LogP contribution is 2.13. The molecule has 0 heterocycles. The van der Waals surface area contributed by atoms with Gasteiger partial charge >= 0.3 is 0 Å². The Balaban J connectivity index is 2.90. The van der Waals surface area contributed by atoms with E-state index in [2.05, 4.69) is 0 Å². The van der Waals surface area contributed by atoms with Crippen LogP contribution < -0.4 is 0 Å². The second-order valence-corrected chi connectivity index (χ2v) is 3.99. The van der Waals surface area contributed by atoms with Crippen LogP contribution in [0.4, 0.5) is 0 Å². The summed E-state index contributed by atoms with van der Waals surface area (Å²) in [5.41, 5.74) is 0. The zero-order valence-electron chi connectivity index (χ0n) is 6.16. The van der Waals surface area contributed by atoms with Crippen molar-refractivity contribution in [3.8, 4) is 6.07 Å². The van der Waals surface area contributed by atoms with Gasteiger partial charge in [0.2, 0.25) is 0 Å². The van der Waals surface area contributed by atoms with Crippen molar-refractivity contribution in [1.29, 1.82) is 5.26 Å². The number of rotatable bonds is 2. The molecule has 1 rings (SSSR count). The number of hydrogen-bond donors (Lipinski definition) is 0. The van der Waals surface area contributed by atoms with E-state index >= 15 is 0 Å². The van der Waals surface area contributed by atoms with Gasteiger partial charge in [-0.05, 0) is 18.2 Å². The summed E-state index contributed by atoms with van der Waals surface area (Å²) in [6, 6.07) is 8.56. The van der Waals surface area contributed by atoms with Gasteiger partial charge in [-0.2, -0.15) is 5.26 Å². The Morgan fingerprint density at radius 1 is 1.58 bits per heavy atom. The SMILES string of the molecule is N#CCS(=O)c1cccc(Cl)c1. The molecular formula is C8H6ClNOS. The van der Waals surface area contributed by atoms with Crippen LogP contribution in [-0.2, 0) is 10.8 Å². The highest BCUT2D eigenvalue weighted by atomic mass is 35.5. The molecule has 0 spiro atoms. The molecule has 1 unspecified atom stereocenters. The maximum atomic E-state index is 11.2. The first kappa shape index (κ1) is 9.24. The average molecular weight is 200 g/mol. The van der Waals surface area contributed by atoms with E-state index in [1.165, 1.54) is 0 Å². The molecule has 1 aromatic rings. The lowest BCUT2D eigenvalue weighted by Gasteiger charge is -1.96. The van der Waals surface area contributed by atoms with Crippen LogP contribution in [0.15, 0.2) is 29.2 Å². The maximum absolute atomic E-state index is 11.2. The summed E-state index contributed by atoms with van der Waals surface area (Å²) in [6.07, 6.45) is 0. The lowest BCUT2D eigenvalue weighted by atomic mass is 10.4. The van der Waals surface area contributed by atoms with Gasteiger partial charge in [0.05, 0.1) is 16.9 Å². The molecule has 0 aliphatic rings. The molecule has 0 bridgehead atoms. The molecule has 0 fully saturated rings. The minimum atomic E-state index is -1.24. The molecule has 0 saturated heterocycles. The fourth-order valence-corrected chi connectivity index (χ4v) is 1.78. The van der Waals surface area contributed by atoms with Gasteiger partial charge in [-0.3, -0.25) is 4.21 Å². The molecule has 0 radical (unpaired) electrons. The second-order valence-electron chi connectivity index (χ2n) is 2.11. The Kier molecular flexibility index (Phi) is 3.27. The number of nitriles is 1. The first-order chi connectivity index (χ1) is 5.74. The van der Waals surface area contributed by atoms with E-state index in [9.17, 15) is 4.21 Å². The van der Waals surface area contributed by atoms with E-state index in [0.717, 1.165) is 0 Å². The Bertz CT molecular complexity index is 345. The Hall–Kier alpha value is -0.850. The van der Waals surface area contributed by atoms with Crippen LogP contribution in [0.25, 0.3) is 0 Å². The smallest absolute Gasteiger partial charge is 0.115 e. The first-order valence-electron chi connectivity index (χ1n) is 3.25. The third kappa shape index (κ3) is 2.33. The van der Waals surface area contributed by atoms with Crippen LogP contribution >= 0.6 is 11.6 Å². The van der Waals surface area contributed by atoms with Crippen LogP contribution in [0, 0.1) is 11.3 Å². The molecule has 0 N–H and O–H groups in total. The topological polar surface area (TPSA) is 40.9 Å². The Labute approximate surface area is 78.2 Å². The molecule has 0 aliphatic heterocycles. The van der Waals surface area contributed by atoms with E-state index in [1.54, 1.807) is 24.3 Å². The third-order valence-corrected chi connectivity index (χ3v) is 2.66. The van der Waals surface area contributed by atoms with Gasteiger partial charge in [0.25, 0.3) is 0 Å². The zero-order valence-corrected chi connectivity index (χ0v) is 7.73. The molecule has 1 atom stereocenters. The van der Waals surface area contributed by atoms with Gasteiger partial charge in [0.15, 0.2) is 0 Å². The van der Waals surface area contributed by atoms with Crippen LogP contribution in [0.1, 0.15) is 0 Å². The predicted octanol–water partition coefficient (Wildman–Crippen LogP) is 1.97. The molecule has 4 heteroatoms. The summed E-state index contributed by atoms with van der Waals surface area (Å²) in [5.74, 6) is 0.0142. The van der Waals surface area contributed by atoms with Crippen molar-refractivity contribution in [2.75, 3.05) is 5.75 Å². The average Bonchev–Trinajstić information content (AvgIpc) is 2.05. The van der Waals surface area contributed by atoms with Crippen molar-refractivity contribution in [2.45, 2.75) is 4.90 Å². The highest BCUT2D eigenvalue weighted by Gasteiger charge is 2.02. The quantitative estimate of drug-likeness (QED) is 0.731. The van der Waals surface area contributed by atoms with Gasteiger partial charge in [-0.15, -0.1) is 0 Å². The highest BCUT2D eigenvalue weighted by molar-refractivity contribution is 7.85. The molecular weight excluding hydrogens is 194 g/mol. The monoisotopic (exact) mass is 199 g/mol. The normalized spacial score (nSPS) is 12.0. The minimum Gasteiger partial charge on any atom is -0.253 e. The lowest BCUT2D eigenvalue weighted by molar-refractivity contribution is 0.685. The Morgan fingerprint density at radius 3 is 2.92 bits per heavy atom. The van der Waals surface area contributed by atoms with E-state index in [1.807, 2.05) is 6.07 Å². The predicted molar refractivity (Wildman–Crippen MR) is 48.3 cm³/mol.